The molecule has 0 atom stereocenters. The van der Waals surface area contributed by atoms with E-state index in [1.54, 1.807) is 0 Å². The van der Waals surface area contributed by atoms with Crippen LogP contribution >= 0.6 is 0 Å². The Labute approximate surface area is 296 Å². The first-order chi connectivity index (χ1) is 25.3. The van der Waals surface area contributed by atoms with Gasteiger partial charge in [-0.1, -0.05) is 91.0 Å². The standard InChI is InChI=1S/C47H34N4/c1-3-13-34(14-4-1)49(38-17-12-30-48-32-38)36-25-27-37(28-26-36)51-43-21-9-7-18-40(43)41-29-24-33(31-46(41)51)39-20-11-23-45-47(39)42-19-8-10-22-44(42)50(45)35-15-5-2-6-16-35/h1-3,5-13,15-32H,4,14H2. The van der Waals surface area contributed by atoms with Crippen molar-refractivity contribution in [3.63, 3.8) is 0 Å². The highest BCUT2D eigenvalue weighted by atomic mass is 15.2. The van der Waals surface area contributed by atoms with Crippen molar-refractivity contribution >= 4 is 55.0 Å². The summed E-state index contributed by atoms with van der Waals surface area (Å²) in [6.07, 6.45) is 12.4. The fraction of sp³-hybridized carbons (Fsp3) is 0.0426. The Morgan fingerprint density at radius 3 is 2.02 bits per heavy atom. The molecule has 0 radical (unpaired) electrons. The molecule has 0 fully saturated rings. The van der Waals surface area contributed by atoms with Crippen LogP contribution in [0.3, 0.4) is 0 Å². The number of aromatic nitrogens is 3. The molecule has 10 rings (SSSR count). The number of nitrogens with zero attached hydrogens (tertiary/aromatic N) is 4. The van der Waals surface area contributed by atoms with E-state index in [0.29, 0.717) is 0 Å². The molecule has 242 valence electrons. The molecule has 0 saturated heterocycles. The van der Waals surface area contributed by atoms with Gasteiger partial charge < -0.3 is 14.0 Å². The molecule has 0 bridgehead atoms. The largest absolute Gasteiger partial charge is 0.313 e. The van der Waals surface area contributed by atoms with Crippen LogP contribution < -0.4 is 4.90 Å². The fourth-order valence-electron chi connectivity index (χ4n) is 8.03. The average molecular weight is 655 g/mol. The lowest BCUT2D eigenvalue weighted by atomic mass is 9.98. The van der Waals surface area contributed by atoms with E-state index < -0.39 is 0 Å². The number of fused-ring (bicyclic) bond motifs is 6. The Bertz CT molecular complexity index is 2780. The zero-order valence-electron chi connectivity index (χ0n) is 28.0. The van der Waals surface area contributed by atoms with Crippen molar-refractivity contribution in [1.82, 2.24) is 14.1 Å². The van der Waals surface area contributed by atoms with E-state index in [1.807, 2.05) is 18.5 Å². The lowest BCUT2D eigenvalue weighted by Gasteiger charge is -2.28. The van der Waals surface area contributed by atoms with Gasteiger partial charge in [0.15, 0.2) is 0 Å². The molecule has 6 aromatic carbocycles. The third-order valence-electron chi connectivity index (χ3n) is 10.2. The van der Waals surface area contributed by atoms with Gasteiger partial charge in [-0.25, -0.2) is 0 Å². The van der Waals surface area contributed by atoms with E-state index in [9.17, 15) is 0 Å². The van der Waals surface area contributed by atoms with Crippen LogP contribution in [0.25, 0.3) is 66.1 Å². The number of allylic oxidation sites excluding steroid dienone is 4. The molecular weight excluding hydrogens is 621 g/mol. The van der Waals surface area contributed by atoms with Gasteiger partial charge in [-0.15, -0.1) is 0 Å². The molecule has 0 aliphatic heterocycles. The minimum absolute atomic E-state index is 0.986. The van der Waals surface area contributed by atoms with Gasteiger partial charge in [0.2, 0.25) is 0 Å². The summed E-state index contributed by atoms with van der Waals surface area (Å²) in [5.74, 6) is 0. The quantitative estimate of drug-likeness (QED) is 0.178. The Morgan fingerprint density at radius 2 is 1.24 bits per heavy atom. The molecule has 0 spiro atoms. The van der Waals surface area contributed by atoms with Crippen molar-refractivity contribution in [2.75, 3.05) is 4.90 Å². The first kappa shape index (κ1) is 29.3. The lowest BCUT2D eigenvalue weighted by Crippen LogP contribution is -2.17. The predicted octanol–water partition coefficient (Wildman–Crippen LogP) is 12.3. The summed E-state index contributed by atoms with van der Waals surface area (Å²) in [6, 6.07) is 55.0. The van der Waals surface area contributed by atoms with E-state index in [2.05, 4.69) is 183 Å². The van der Waals surface area contributed by atoms with Crippen LogP contribution in [0.2, 0.25) is 0 Å². The number of hydrogen-bond donors (Lipinski definition) is 0. The number of rotatable bonds is 6. The van der Waals surface area contributed by atoms with Crippen molar-refractivity contribution in [3.8, 4) is 22.5 Å². The molecular formula is C47H34N4. The highest BCUT2D eigenvalue weighted by Crippen LogP contribution is 2.41. The smallest absolute Gasteiger partial charge is 0.0641 e. The second-order valence-corrected chi connectivity index (χ2v) is 13.2. The molecule has 4 heteroatoms. The van der Waals surface area contributed by atoms with Gasteiger partial charge in [-0.05, 0) is 103 Å². The fourth-order valence-corrected chi connectivity index (χ4v) is 8.03. The Hall–Kier alpha value is -6.65. The maximum absolute atomic E-state index is 4.45. The molecule has 0 saturated carbocycles. The van der Waals surface area contributed by atoms with Crippen LogP contribution in [-0.2, 0) is 0 Å². The van der Waals surface area contributed by atoms with Crippen molar-refractivity contribution in [2.24, 2.45) is 0 Å². The lowest BCUT2D eigenvalue weighted by molar-refractivity contribution is 0.915. The SMILES string of the molecule is C1=CCCC(N(c2ccc(-n3c4ccccc4c4ccc(-c5cccc6c5c5ccccc5n6-c5ccccc5)cc43)cc2)c2cccnc2)=C1. The molecule has 9 aromatic rings. The first-order valence-corrected chi connectivity index (χ1v) is 17.6. The van der Waals surface area contributed by atoms with Crippen molar-refractivity contribution in [2.45, 2.75) is 12.8 Å². The topological polar surface area (TPSA) is 26.0 Å². The second-order valence-electron chi connectivity index (χ2n) is 13.2. The van der Waals surface area contributed by atoms with E-state index in [1.165, 1.54) is 66.1 Å². The van der Waals surface area contributed by atoms with E-state index >= 15 is 0 Å². The van der Waals surface area contributed by atoms with Crippen molar-refractivity contribution < 1.29 is 0 Å². The van der Waals surface area contributed by atoms with Gasteiger partial charge in [0.1, 0.15) is 0 Å². The minimum atomic E-state index is 0.986. The summed E-state index contributed by atoms with van der Waals surface area (Å²) >= 11 is 0. The number of benzene rings is 6. The number of pyridine rings is 1. The average Bonchev–Trinajstić information content (AvgIpc) is 3.72. The first-order valence-electron chi connectivity index (χ1n) is 17.6. The minimum Gasteiger partial charge on any atom is -0.313 e. The highest BCUT2D eigenvalue weighted by Gasteiger charge is 2.19. The molecule has 0 amide bonds. The summed E-state index contributed by atoms with van der Waals surface area (Å²) in [5.41, 5.74) is 13.0. The summed E-state index contributed by atoms with van der Waals surface area (Å²) in [6.45, 7) is 0. The summed E-state index contributed by atoms with van der Waals surface area (Å²) in [5, 5.41) is 5.02. The van der Waals surface area contributed by atoms with Gasteiger partial charge in [-0.2, -0.15) is 0 Å². The number of anilines is 2. The van der Waals surface area contributed by atoms with Gasteiger partial charge >= 0.3 is 0 Å². The maximum Gasteiger partial charge on any atom is 0.0641 e. The Balaban J connectivity index is 1.15. The molecule has 3 aromatic heterocycles. The molecule has 1 aliphatic rings. The summed E-state index contributed by atoms with van der Waals surface area (Å²) in [4.78, 5) is 6.78. The van der Waals surface area contributed by atoms with Crippen LogP contribution in [0.4, 0.5) is 11.4 Å². The van der Waals surface area contributed by atoms with Crippen LogP contribution in [0, 0.1) is 0 Å². The van der Waals surface area contributed by atoms with E-state index in [-0.39, 0.29) is 0 Å². The zero-order chi connectivity index (χ0) is 33.7. The zero-order valence-corrected chi connectivity index (χ0v) is 28.0. The molecule has 4 nitrogen and oxygen atoms in total. The van der Waals surface area contributed by atoms with Crippen LogP contribution in [-0.4, -0.2) is 14.1 Å². The van der Waals surface area contributed by atoms with E-state index in [0.717, 1.165) is 29.9 Å². The summed E-state index contributed by atoms with van der Waals surface area (Å²) < 4.78 is 4.81. The molecule has 3 heterocycles. The Morgan fingerprint density at radius 1 is 0.529 bits per heavy atom. The third-order valence-corrected chi connectivity index (χ3v) is 10.2. The van der Waals surface area contributed by atoms with Crippen LogP contribution in [0.5, 0.6) is 0 Å². The van der Waals surface area contributed by atoms with Gasteiger partial charge in [0, 0.05) is 50.5 Å². The van der Waals surface area contributed by atoms with Crippen molar-refractivity contribution in [3.05, 3.63) is 188 Å². The summed E-state index contributed by atoms with van der Waals surface area (Å²) in [7, 11) is 0. The molecule has 0 N–H and O–H groups in total. The van der Waals surface area contributed by atoms with Crippen LogP contribution in [0.15, 0.2) is 188 Å². The monoisotopic (exact) mass is 654 g/mol. The normalized spacial score (nSPS) is 13.0. The number of para-hydroxylation sites is 3. The molecule has 51 heavy (non-hydrogen) atoms. The maximum atomic E-state index is 4.45. The Kier molecular flexibility index (Phi) is 6.91. The predicted molar refractivity (Wildman–Crippen MR) is 213 cm³/mol. The second kappa shape index (κ2) is 12.0. The molecule has 0 unspecified atom stereocenters. The van der Waals surface area contributed by atoms with Gasteiger partial charge in [0.05, 0.1) is 34.0 Å². The van der Waals surface area contributed by atoms with Crippen molar-refractivity contribution in [1.29, 1.82) is 0 Å². The number of hydrogen-bond acceptors (Lipinski definition) is 2. The molecule has 1 aliphatic carbocycles. The van der Waals surface area contributed by atoms with E-state index in [4.69, 9.17) is 0 Å². The third kappa shape index (κ3) is 4.79. The van der Waals surface area contributed by atoms with Gasteiger partial charge in [0.25, 0.3) is 0 Å². The van der Waals surface area contributed by atoms with Crippen LogP contribution in [0.1, 0.15) is 12.8 Å². The highest BCUT2D eigenvalue weighted by molar-refractivity contribution is 6.17. The van der Waals surface area contributed by atoms with Gasteiger partial charge in [-0.3, -0.25) is 4.98 Å².